The van der Waals surface area contributed by atoms with Crippen LogP contribution in [0.25, 0.3) is 0 Å². The summed E-state index contributed by atoms with van der Waals surface area (Å²) >= 11 is 0. The summed E-state index contributed by atoms with van der Waals surface area (Å²) in [6.07, 6.45) is 0. The summed E-state index contributed by atoms with van der Waals surface area (Å²) in [4.78, 5) is 24.5. The molecule has 160 valence electrons. The molecule has 0 aliphatic heterocycles. The van der Waals surface area contributed by atoms with Crippen molar-refractivity contribution in [2.24, 2.45) is 0 Å². The molecule has 8 heteroatoms. The third-order valence-corrected chi connectivity index (χ3v) is 5.80. The van der Waals surface area contributed by atoms with Crippen molar-refractivity contribution in [3.8, 4) is 0 Å². The van der Waals surface area contributed by atoms with E-state index in [1.165, 1.54) is 24.3 Å². The minimum atomic E-state index is -3.85. The molecule has 0 aliphatic carbocycles. The molecule has 0 saturated heterocycles. The Hall–Kier alpha value is -3.65. The van der Waals surface area contributed by atoms with Gasteiger partial charge in [0.2, 0.25) is 0 Å². The predicted molar refractivity (Wildman–Crippen MR) is 119 cm³/mol. The van der Waals surface area contributed by atoms with Gasteiger partial charge in [-0.2, -0.15) is 0 Å². The first-order valence-electron chi connectivity index (χ1n) is 9.57. The van der Waals surface area contributed by atoms with E-state index in [1.54, 1.807) is 62.4 Å². The van der Waals surface area contributed by atoms with Gasteiger partial charge in [0, 0.05) is 16.9 Å². The average Bonchev–Trinajstić information content (AvgIpc) is 2.75. The number of nitrogens with one attached hydrogen (secondary N) is 2. The minimum Gasteiger partial charge on any atom is -0.462 e. The van der Waals surface area contributed by atoms with Gasteiger partial charge in [-0.25, -0.2) is 13.2 Å². The SMILES string of the molecule is CCOC(=O)c1ccc(NC(=O)c2cccc(S(=O)(=O)Nc3ccccc3)c2)c(C)c1. The number of sulfonamides is 1. The standard InChI is InChI=1S/C23H22N2O5S/c1-3-30-23(27)18-12-13-21(16(2)14-18)24-22(26)17-8-7-11-20(15-17)31(28,29)25-19-9-5-4-6-10-19/h4-15,25H,3H2,1-2H3,(H,24,26). The summed E-state index contributed by atoms with van der Waals surface area (Å²) in [5.41, 5.74) is 2.18. The van der Waals surface area contributed by atoms with E-state index in [0.717, 1.165) is 0 Å². The molecule has 7 nitrogen and oxygen atoms in total. The molecule has 0 aliphatic rings. The number of aryl methyl sites for hydroxylation is 1. The first-order chi connectivity index (χ1) is 14.8. The van der Waals surface area contributed by atoms with Crippen LogP contribution in [-0.4, -0.2) is 26.9 Å². The highest BCUT2D eigenvalue weighted by molar-refractivity contribution is 7.92. The van der Waals surface area contributed by atoms with E-state index in [4.69, 9.17) is 4.74 Å². The van der Waals surface area contributed by atoms with Gasteiger partial charge < -0.3 is 10.1 Å². The zero-order chi connectivity index (χ0) is 22.4. The lowest BCUT2D eigenvalue weighted by atomic mass is 10.1. The van der Waals surface area contributed by atoms with Gasteiger partial charge in [-0.3, -0.25) is 9.52 Å². The number of anilines is 2. The lowest BCUT2D eigenvalue weighted by molar-refractivity contribution is 0.0526. The van der Waals surface area contributed by atoms with Gasteiger partial charge in [0.25, 0.3) is 15.9 Å². The van der Waals surface area contributed by atoms with E-state index in [2.05, 4.69) is 10.0 Å². The van der Waals surface area contributed by atoms with E-state index >= 15 is 0 Å². The normalized spacial score (nSPS) is 10.9. The molecule has 0 spiro atoms. The van der Waals surface area contributed by atoms with Crippen molar-refractivity contribution in [1.82, 2.24) is 0 Å². The Morgan fingerprint density at radius 2 is 1.65 bits per heavy atom. The fourth-order valence-electron chi connectivity index (χ4n) is 2.86. The largest absolute Gasteiger partial charge is 0.462 e. The van der Waals surface area contributed by atoms with Crippen LogP contribution in [0.2, 0.25) is 0 Å². The fourth-order valence-corrected chi connectivity index (χ4v) is 3.97. The lowest BCUT2D eigenvalue weighted by Crippen LogP contribution is -2.16. The summed E-state index contributed by atoms with van der Waals surface area (Å²) in [5, 5.41) is 2.75. The van der Waals surface area contributed by atoms with Crippen molar-refractivity contribution in [3.05, 3.63) is 89.5 Å². The molecule has 3 aromatic rings. The van der Waals surface area contributed by atoms with Crippen LogP contribution in [0, 0.1) is 6.92 Å². The Balaban J connectivity index is 1.78. The zero-order valence-corrected chi connectivity index (χ0v) is 17.9. The summed E-state index contributed by atoms with van der Waals surface area (Å²) in [7, 11) is -3.85. The number of amides is 1. The van der Waals surface area contributed by atoms with Gasteiger partial charge in [-0.15, -0.1) is 0 Å². The molecule has 0 bridgehead atoms. The Morgan fingerprint density at radius 1 is 0.903 bits per heavy atom. The van der Waals surface area contributed by atoms with E-state index in [0.29, 0.717) is 22.5 Å². The molecular weight excluding hydrogens is 416 g/mol. The van der Waals surface area contributed by atoms with Crippen LogP contribution < -0.4 is 10.0 Å². The molecule has 0 aromatic heterocycles. The number of ether oxygens (including phenoxy) is 1. The number of hydrogen-bond donors (Lipinski definition) is 2. The van der Waals surface area contributed by atoms with Crippen LogP contribution in [0.4, 0.5) is 11.4 Å². The number of benzene rings is 3. The van der Waals surface area contributed by atoms with Crippen LogP contribution in [0.1, 0.15) is 33.2 Å². The van der Waals surface area contributed by atoms with Gasteiger partial charge in [0.1, 0.15) is 0 Å². The number of hydrogen-bond acceptors (Lipinski definition) is 5. The molecule has 31 heavy (non-hydrogen) atoms. The summed E-state index contributed by atoms with van der Waals surface area (Å²) in [5.74, 6) is -0.906. The van der Waals surface area contributed by atoms with Crippen LogP contribution in [0.15, 0.2) is 77.7 Å². The number of esters is 1. The second kappa shape index (κ2) is 9.44. The highest BCUT2D eigenvalue weighted by atomic mass is 32.2. The molecule has 0 heterocycles. The molecule has 0 radical (unpaired) electrons. The van der Waals surface area contributed by atoms with E-state index in [-0.39, 0.29) is 17.1 Å². The Labute approximate surface area is 181 Å². The van der Waals surface area contributed by atoms with Gasteiger partial charge in [0.15, 0.2) is 0 Å². The van der Waals surface area contributed by atoms with Crippen molar-refractivity contribution >= 4 is 33.3 Å². The Morgan fingerprint density at radius 3 is 2.32 bits per heavy atom. The average molecular weight is 439 g/mol. The maximum absolute atomic E-state index is 12.7. The first-order valence-corrected chi connectivity index (χ1v) is 11.1. The minimum absolute atomic E-state index is 0.0293. The van der Waals surface area contributed by atoms with Crippen LogP contribution >= 0.6 is 0 Å². The smallest absolute Gasteiger partial charge is 0.338 e. The van der Waals surface area contributed by atoms with Crippen molar-refractivity contribution in [2.75, 3.05) is 16.6 Å². The van der Waals surface area contributed by atoms with Crippen LogP contribution in [0.3, 0.4) is 0 Å². The summed E-state index contributed by atoms with van der Waals surface area (Å²) < 4.78 is 32.8. The number of para-hydroxylation sites is 1. The van der Waals surface area contributed by atoms with Gasteiger partial charge >= 0.3 is 5.97 Å². The van der Waals surface area contributed by atoms with Crippen molar-refractivity contribution in [3.63, 3.8) is 0 Å². The second-order valence-corrected chi connectivity index (χ2v) is 8.39. The quantitative estimate of drug-likeness (QED) is 0.538. The van der Waals surface area contributed by atoms with Crippen molar-refractivity contribution in [1.29, 1.82) is 0 Å². The third-order valence-electron chi connectivity index (χ3n) is 4.42. The van der Waals surface area contributed by atoms with E-state index in [9.17, 15) is 18.0 Å². The highest BCUT2D eigenvalue weighted by Gasteiger charge is 2.17. The van der Waals surface area contributed by atoms with Gasteiger partial charge in [-0.1, -0.05) is 24.3 Å². The number of carbonyl (C=O) groups excluding carboxylic acids is 2. The van der Waals surface area contributed by atoms with Crippen LogP contribution in [-0.2, 0) is 14.8 Å². The maximum atomic E-state index is 12.7. The second-order valence-electron chi connectivity index (χ2n) is 6.70. The molecule has 3 rings (SSSR count). The Kier molecular flexibility index (Phi) is 6.71. The molecule has 0 atom stereocenters. The summed E-state index contributed by atoms with van der Waals surface area (Å²) in [6.45, 7) is 3.75. The predicted octanol–water partition coefficient (Wildman–Crippen LogP) is 4.22. The van der Waals surface area contributed by atoms with Gasteiger partial charge in [0.05, 0.1) is 17.1 Å². The molecule has 3 aromatic carbocycles. The molecule has 1 amide bonds. The third kappa shape index (κ3) is 5.49. The topological polar surface area (TPSA) is 102 Å². The number of rotatable bonds is 7. The molecular formula is C23H22N2O5S. The molecule has 2 N–H and O–H groups in total. The molecule has 0 fully saturated rings. The summed E-state index contributed by atoms with van der Waals surface area (Å²) in [6, 6.07) is 19.0. The highest BCUT2D eigenvalue weighted by Crippen LogP contribution is 2.20. The molecule has 0 unspecified atom stereocenters. The number of carbonyl (C=O) groups is 2. The fraction of sp³-hybridized carbons (Fsp3) is 0.130. The molecule has 0 saturated carbocycles. The first kappa shape index (κ1) is 22.0. The van der Waals surface area contributed by atoms with Crippen LogP contribution in [0.5, 0.6) is 0 Å². The van der Waals surface area contributed by atoms with E-state index in [1.807, 2.05) is 0 Å². The van der Waals surface area contributed by atoms with Crippen molar-refractivity contribution < 1.29 is 22.7 Å². The van der Waals surface area contributed by atoms with E-state index < -0.39 is 21.9 Å². The lowest BCUT2D eigenvalue weighted by Gasteiger charge is -2.12. The monoisotopic (exact) mass is 438 g/mol. The van der Waals surface area contributed by atoms with Gasteiger partial charge in [-0.05, 0) is 67.9 Å². The Bertz CT molecular complexity index is 1210. The maximum Gasteiger partial charge on any atom is 0.338 e. The van der Waals surface area contributed by atoms with Crippen molar-refractivity contribution in [2.45, 2.75) is 18.7 Å². The zero-order valence-electron chi connectivity index (χ0n) is 17.1.